The van der Waals surface area contributed by atoms with E-state index in [1.54, 1.807) is 23.1 Å². The molecule has 6 heteroatoms. The SMILES string of the molecule is O=C(c1ncccc1O)N1CCCCC[C@@H]1C[C@@H](O)c1ccco1. The second-order valence-electron chi connectivity index (χ2n) is 6.14. The molecule has 6 nitrogen and oxygen atoms in total. The van der Waals surface area contributed by atoms with Crippen LogP contribution in [0.25, 0.3) is 0 Å². The van der Waals surface area contributed by atoms with Crippen LogP contribution < -0.4 is 0 Å². The van der Waals surface area contributed by atoms with E-state index in [1.807, 2.05) is 0 Å². The third-order valence-corrected chi connectivity index (χ3v) is 4.49. The van der Waals surface area contributed by atoms with E-state index < -0.39 is 6.10 Å². The zero-order chi connectivity index (χ0) is 16.9. The lowest BCUT2D eigenvalue weighted by molar-refractivity contribution is 0.0549. The Kier molecular flexibility index (Phi) is 5.15. The first-order chi connectivity index (χ1) is 11.7. The lowest BCUT2D eigenvalue weighted by Crippen LogP contribution is -2.41. The topological polar surface area (TPSA) is 86.8 Å². The van der Waals surface area contributed by atoms with E-state index in [2.05, 4.69) is 4.98 Å². The summed E-state index contributed by atoms with van der Waals surface area (Å²) in [5, 5.41) is 20.3. The average molecular weight is 330 g/mol. The van der Waals surface area contributed by atoms with E-state index in [0.717, 1.165) is 25.7 Å². The molecule has 1 saturated heterocycles. The molecule has 1 aliphatic rings. The summed E-state index contributed by atoms with van der Waals surface area (Å²) >= 11 is 0. The van der Waals surface area contributed by atoms with Crippen LogP contribution in [0.3, 0.4) is 0 Å². The molecule has 24 heavy (non-hydrogen) atoms. The van der Waals surface area contributed by atoms with Gasteiger partial charge in [-0.1, -0.05) is 12.8 Å². The summed E-state index contributed by atoms with van der Waals surface area (Å²) < 4.78 is 5.26. The Morgan fingerprint density at radius 1 is 1.33 bits per heavy atom. The van der Waals surface area contributed by atoms with Gasteiger partial charge in [0.2, 0.25) is 0 Å². The summed E-state index contributed by atoms with van der Waals surface area (Å²) in [6, 6.07) is 6.41. The number of rotatable bonds is 4. The number of likely N-dealkylation sites (tertiary alicyclic amines) is 1. The number of hydrogen-bond acceptors (Lipinski definition) is 5. The quantitative estimate of drug-likeness (QED) is 0.900. The molecular weight excluding hydrogens is 308 g/mol. The highest BCUT2D eigenvalue weighted by molar-refractivity contribution is 5.95. The number of aliphatic hydroxyl groups is 1. The monoisotopic (exact) mass is 330 g/mol. The largest absolute Gasteiger partial charge is 0.505 e. The third-order valence-electron chi connectivity index (χ3n) is 4.49. The molecular formula is C18H22N2O4. The fourth-order valence-corrected chi connectivity index (χ4v) is 3.24. The van der Waals surface area contributed by atoms with Gasteiger partial charge >= 0.3 is 0 Å². The van der Waals surface area contributed by atoms with Gasteiger partial charge in [-0.15, -0.1) is 0 Å². The van der Waals surface area contributed by atoms with Crippen molar-refractivity contribution in [3.05, 3.63) is 48.2 Å². The van der Waals surface area contributed by atoms with Gasteiger partial charge in [-0.2, -0.15) is 0 Å². The first-order valence-electron chi connectivity index (χ1n) is 8.33. The predicted octanol–water partition coefficient (Wildman–Crippen LogP) is 2.89. The Morgan fingerprint density at radius 2 is 2.21 bits per heavy atom. The van der Waals surface area contributed by atoms with Crippen LogP contribution in [-0.4, -0.2) is 38.6 Å². The second-order valence-corrected chi connectivity index (χ2v) is 6.14. The summed E-state index contributed by atoms with van der Waals surface area (Å²) in [5.41, 5.74) is 0.0666. The molecule has 0 aromatic carbocycles. The number of nitrogens with zero attached hydrogens (tertiary/aromatic N) is 2. The highest BCUT2D eigenvalue weighted by Crippen LogP contribution is 2.28. The summed E-state index contributed by atoms with van der Waals surface area (Å²) in [6.45, 7) is 0.602. The molecule has 0 saturated carbocycles. The highest BCUT2D eigenvalue weighted by Gasteiger charge is 2.30. The molecule has 0 bridgehead atoms. The Bertz CT molecular complexity index is 671. The lowest BCUT2D eigenvalue weighted by atomic mass is 10.0. The van der Waals surface area contributed by atoms with E-state index in [0.29, 0.717) is 18.7 Å². The minimum atomic E-state index is -0.754. The van der Waals surface area contributed by atoms with Crippen LogP contribution in [-0.2, 0) is 0 Å². The third kappa shape index (κ3) is 3.59. The Balaban J connectivity index is 1.80. The van der Waals surface area contributed by atoms with Crippen molar-refractivity contribution in [2.45, 2.75) is 44.2 Å². The van der Waals surface area contributed by atoms with Crippen molar-refractivity contribution in [3.63, 3.8) is 0 Å². The molecule has 1 fully saturated rings. The molecule has 3 heterocycles. The molecule has 1 aliphatic heterocycles. The minimum absolute atomic E-state index is 0.0666. The van der Waals surface area contributed by atoms with Gasteiger partial charge < -0.3 is 19.5 Å². The van der Waals surface area contributed by atoms with Crippen LogP contribution >= 0.6 is 0 Å². The van der Waals surface area contributed by atoms with E-state index >= 15 is 0 Å². The Labute approximate surface area is 140 Å². The number of aromatic hydroxyl groups is 1. The molecule has 2 N–H and O–H groups in total. The first kappa shape index (κ1) is 16.5. The summed E-state index contributed by atoms with van der Waals surface area (Å²) in [4.78, 5) is 18.6. The van der Waals surface area contributed by atoms with Gasteiger partial charge in [-0.05, 0) is 37.1 Å². The minimum Gasteiger partial charge on any atom is -0.505 e. The number of hydrogen-bond donors (Lipinski definition) is 2. The fourth-order valence-electron chi connectivity index (χ4n) is 3.24. The lowest BCUT2D eigenvalue weighted by Gasteiger charge is -2.31. The van der Waals surface area contributed by atoms with E-state index in [9.17, 15) is 15.0 Å². The molecule has 2 atom stereocenters. The highest BCUT2D eigenvalue weighted by atomic mass is 16.4. The number of carbonyl (C=O) groups excluding carboxylic acids is 1. The van der Waals surface area contributed by atoms with E-state index in [1.165, 1.54) is 18.5 Å². The smallest absolute Gasteiger partial charge is 0.276 e. The van der Waals surface area contributed by atoms with Crippen molar-refractivity contribution in [1.29, 1.82) is 0 Å². The standard InChI is InChI=1S/C18H22N2O4/c21-14-7-4-9-19-17(14)18(23)20-10-3-1-2-6-13(20)12-15(22)16-8-5-11-24-16/h4-5,7-9,11,13,15,21-22H,1-3,6,10,12H2/t13-,15-/m1/s1. The van der Waals surface area contributed by atoms with Crippen LogP contribution in [0.2, 0.25) is 0 Å². The molecule has 0 radical (unpaired) electrons. The number of aliphatic hydroxyl groups excluding tert-OH is 1. The molecule has 0 aliphatic carbocycles. The van der Waals surface area contributed by atoms with E-state index in [4.69, 9.17) is 4.42 Å². The second kappa shape index (κ2) is 7.49. The van der Waals surface area contributed by atoms with Crippen molar-refractivity contribution in [1.82, 2.24) is 9.88 Å². The van der Waals surface area contributed by atoms with Crippen LogP contribution in [0.15, 0.2) is 41.1 Å². The van der Waals surface area contributed by atoms with Crippen molar-refractivity contribution in [2.24, 2.45) is 0 Å². The van der Waals surface area contributed by atoms with Gasteiger partial charge in [0.25, 0.3) is 5.91 Å². The van der Waals surface area contributed by atoms with Crippen LogP contribution in [0.4, 0.5) is 0 Å². The van der Waals surface area contributed by atoms with Crippen LogP contribution in [0, 0.1) is 0 Å². The maximum absolute atomic E-state index is 12.9. The number of pyridine rings is 1. The van der Waals surface area contributed by atoms with Gasteiger partial charge in [0.15, 0.2) is 5.69 Å². The Morgan fingerprint density at radius 3 is 2.96 bits per heavy atom. The summed E-state index contributed by atoms with van der Waals surface area (Å²) in [6.07, 6.45) is 6.46. The van der Waals surface area contributed by atoms with Gasteiger partial charge in [-0.3, -0.25) is 4.79 Å². The van der Waals surface area contributed by atoms with Crippen molar-refractivity contribution in [2.75, 3.05) is 6.54 Å². The van der Waals surface area contributed by atoms with Crippen LogP contribution in [0.5, 0.6) is 5.75 Å². The summed E-state index contributed by atoms with van der Waals surface area (Å²) in [5.74, 6) is 0.107. The zero-order valence-electron chi connectivity index (χ0n) is 13.5. The van der Waals surface area contributed by atoms with Crippen molar-refractivity contribution < 1.29 is 19.4 Å². The number of amides is 1. The van der Waals surface area contributed by atoms with Crippen molar-refractivity contribution in [3.8, 4) is 5.75 Å². The molecule has 0 unspecified atom stereocenters. The molecule has 2 aromatic heterocycles. The van der Waals surface area contributed by atoms with E-state index in [-0.39, 0.29) is 23.4 Å². The molecule has 1 amide bonds. The van der Waals surface area contributed by atoms with Gasteiger partial charge in [0.1, 0.15) is 17.6 Å². The molecule has 2 aromatic rings. The molecule has 128 valence electrons. The fraction of sp³-hybridized carbons (Fsp3) is 0.444. The summed E-state index contributed by atoms with van der Waals surface area (Å²) in [7, 11) is 0. The zero-order valence-corrected chi connectivity index (χ0v) is 13.5. The number of carbonyl (C=O) groups is 1. The maximum atomic E-state index is 12.9. The average Bonchev–Trinajstić information content (AvgIpc) is 3.03. The number of aromatic nitrogens is 1. The normalized spacial score (nSPS) is 19.7. The molecule has 0 spiro atoms. The molecule has 3 rings (SSSR count). The van der Waals surface area contributed by atoms with Gasteiger partial charge in [-0.25, -0.2) is 4.98 Å². The van der Waals surface area contributed by atoms with Crippen molar-refractivity contribution >= 4 is 5.91 Å². The first-order valence-corrected chi connectivity index (χ1v) is 8.33. The van der Waals surface area contributed by atoms with Gasteiger partial charge in [0, 0.05) is 25.2 Å². The maximum Gasteiger partial charge on any atom is 0.276 e. The van der Waals surface area contributed by atoms with Crippen LogP contribution in [0.1, 0.15) is 54.5 Å². The number of furan rings is 1. The predicted molar refractivity (Wildman–Crippen MR) is 87.5 cm³/mol. The Hall–Kier alpha value is -2.34. The van der Waals surface area contributed by atoms with Gasteiger partial charge in [0.05, 0.1) is 6.26 Å².